The molecule has 0 saturated carbocycles. The average molecular weight is 480 g/mol. The molecule has 34 heavy (non-hydrogen) atoms. The summed E-state index contributed by atoms with van der Waals surface area (Å²) in [5.41, 5.74) is 1.74. The normalized spacial score (nSPS) is 14.9. The van der Waals surface area contributed by atoms with Gasteiger partial charge in [-0.15, -0.1) is 0 Å². The predicted octanol–water partition coefficient (Wildman–Crippen LogP) is 4.74. The van der Waals surface area contributed by atoms with Crippen molar-refractivity contribution < 1.29 is 14.3 Å². The number of rotatable bonds is 9. The summed E-state index contributed by atoms with van der Waals surface area (Å²) in [7, 11) is 1.64. The fourth-order valence-corrected chi connectivity index (χ4v) is 4.54. The van der Waals surface area contributed by atoms with Gasteiger partial charge < -0.3 is 19.7 Å². The minimum absolute atomic E-state index is 0.0432. The molecule has 1 saturated heterocycles. The third kappa shape index (κ3) is 5.88. The summed E-state index contributed by atoms with van der Waals surface area (Å²) in [6, 6.07) is 20.6. The Bertz CT molecular complexity index is 1070. The second-order valence-electron chi connectivity index (χ2n) is 8.27. The second kappa shape index (κ2) is 11.9. The van der Waals surface area contributed by atoms with E-state index in [2.05, 4.69) is 10.3 Å². The lowest BCUT2D eigenvalue weighted by molar-refractivity contribution is -0.138. The molecule has 0 radical (unpaired) electrons. The van der Waals surface area contributed by atoms with Gasteiger partial charge in [-0.3, -0.25) is 9.78 Å². The zero-order valence-electron chi connectivity index (χ0n) is 19.3. The van der Waals surface area contributed by atoms with Crippen LogP contribution in [-0.2, 0) is 4.79 Å². The number of para-hydroxylation sites is 1. The number of nitrogens with zero attached hydrogens (tertiary/aromatic N) is 2. The van der Waals surface area contributed by atoms with Gasteiger partial charge in [0.25, 0.3) is 0 Å². The van der Waals surface area contributed by atoms with Crippen LogP contribution >= 0.6 is 11.6 Å². The van der Waals surface area contributed by atoms with E-state index in [1.54, 1.807) is 19.4 Å². The molecule has 0 spiro atoms. The van der Waals surface area contributed by atoms with Crippen molar-refractivity contribution in [3.05, 3.63) is 89.2 Å². The number of hydrogen-bond acceptors (Lipinski definition) is 5. The molecular weight excluding hydrogens is 450 g/mol. The van der Waals surface area contributed by atoms with Crippen LogP contribution in [0.1, 0.15) is 30.1 Å². The molecule has 1 amide bonds. The molecule has 178 valence electrons. The van der Waals surface area contributed by atoms with Gasteiger partial charge in [0.05, 0.1) is 30.4 Å². The molecule has 2 heterocycles. The van der Waals surface area contributed by atoms with E-state index in [1.807, 2.05) is 65.6 Å². The Morgan fingerprint density at radius 1 is 1.12 bits per heavy atom. The molecule has 7 heteroatoms. The highest BCUT2D eigenvalue weighted by Gasteiger charge is 2.33. The Morgan fingerprint density at radius 2 is 1.91 bits per heavy atom. The summed E-state index contributed by atoms with van der Waals surface area (Å²) >= 11 is 6.28. The number of carbonyl (C=O) groups excluding carboxylic acids is 1. The van der Waals surface area contributed by atoms with E-state index in [1.165, 1.54) is 0 Å². The maximum atomic E-state index is 13.9. The largest absolute Gasteiger partial charge is 0.497 e. The van der Waals surface area contributed by atoms with Crippen LogP contribution < -0.4 is 14.8 Å². The standard InChI is InChI=1S/C27H30ClN3O3/c1-33-22-8-6-7-21(19-22)26(24-10-4-5-14-30-24)31(27(32)20-12-15-29-16-13-20)17-18-34-25-11-3-2-9-23(25)28/h2-11,14,19-20,26,29H,12-13,15-18H2,1H3. The zero-order valence-corrected chi connectivity index (χ0v) is 20.1. The highest BCUT2D eigenvalue weighted by Crippen LogP contribution is 2.32. The number of piperidine rings is 1. The van der Waals surface area contributed by atoms with E-state index >= 15 is 0 Å². The number of carbonyl (C=O) groups is 1. The lowest BCUT2D eigenvalue weighted by Crippen LogP contribution is -2.45. The van der Waals surface area contributed by atoms with Crippen molar-refractivity contribution in [2.24, 2.45) is 5.92 Å². The van der Waals surface area contributed by atoms with Gasteiger partial charge in [0.1, 0.15) is 18.1 Å². The van der Waals surface area contributed by atoms with E-state index in [0.717, 1.165) is 42.9 Å². The van der Waals surface area contributed by atoms with Crippen molar-refractivity contribution in [3.63, 3.8) is 0 Å². The molecule has 1 fully saturated rings. The number of benzene rings is 2. The Balaban J connectivity index is 1.67. The smallest absolute Gasteiger partial charge is 0.226 e. The van der Waals surface area contributed by atoms with E-state index in [-0.39, 0.29) is 17.9 Å². The minimum atomic E-state index is -0.367. The number of halogens is 1. The van der Waals surface area contributed by atoms with E-state index < -0.39 is 0 Å². The van der Waals surface area contributed by atoms with Gasteiger partial charge in [0.2, 0.25) is 5.91 Å². The number of aromatic nitrogens is 1. The summed E-state index contributed by atoms with van der Waals surface area (Å²) in [6.45, 7) is 2.39. The summed E-state index contributed by atoms with van der Waals surface area (Å²) in [4.78, 5) is 20.4. The number of nitrogens with one attached hydrogen (secondary N) is 1. The van der Waals surface area contributed by atoms with Crippen LogP contribution in [0.25, 0.3) is 0 Å². The molecule has 2 aromatic carbocycles. The topological polar surface area (TPSA) is 63.7 Å². The summed E-state index contributed by atoms with van der Waals surface area (Å²) in [6.07, 6.45) is 3.39. The summed E-state index contributed by atoms with van der Waals surface area (Å²) < 4.78 is 11.5. The molecule has 6 nitrogen and oxygen atoms in total. The van der Waals surface area contributed by atoms with Gasteiger partial charge >= 0.3 is 0 Å². The fraction of sp³-hybridized carbons (Fsp3) is 0.333. The lowest BCUT2D eigenvalue weighted by Gasteiger charge is -2.36. The van der Waals surface area contributed by atoms with Crippen molar-refractivity contribution >= 4 is 17.5 Å². The van der Waals surface area contributed by atoms with Crippen LogP contribution in [0, 0.1) is 5.92 Å². The summed E-state index contributed by atoms with van der Waals surface area (Å²) in [5, 5.41) is 3.90. The zero-order chi connectivity index (χ0) is 23.8. The van der Waals surface area contributed by atoms with Crippen LogP contribution in [-0.4, -0.2) is 49.1 Å². The third-order valence-corrected chi connectivity index (χ3v) is 6.40. The van der Waals surface area contributed by atoms with Crippen molar-refractivity contribution in [1.29, 1.82) is 0 Å². The molecule has 4 rings (SSSR count). The van der Waals surface area contributed by atoms with Crippen molar-refractivity contribution in [1.82, 2.24) is 15.2 Å². The van der Waals surface area contributed by atoms with E-state index in [9.17, 15) is 4.79 Å². The first-order valence-corrected chi connectivity index (χ1v) is 12.0. The molecule has 1 atom stereocenters. The maximum absolute atomic E-state index is 13.9. The number of hydrogen-bond donors (Lipinski definition) is 1. The van der Waals surface area contributed by atoms with Crippen molar-refractivity contribution in [2.45, 2.75) is 18.9 Å². The maximum Gasteiger partial charge on any atom is 0.226 e. The van der Waals surface area contributed by atoms with Gasteiger partial charge in [-0.2, -0.15) is 0 Å². The second-order valence-corrected chi connectivity index (χ2v) is 8.68. The average Bonchev–Trinajstić information content (AvgIpc) is 2.90. The third-order valence-electron chi connectivity index (χ3n) is 6.09. The van der Waals surface area contributed by atoms with Crippen LogP contribution in [0.5, 0.6) is 11.5 Å². The van der Waals surface area contributed by atoms with Gasteiger partial charge in [0.15, 0.2) is 0 Å². The molecule has 0 bridgehead atoms. The Labute approximate surface area is 205 Å². The van der Waals surface area contributed by atoms with Crippen LogP contribution in [0.2, 0.25) is 5.02 Å². The molecule has 1 aliphatic rings. The Hall–Kier alpha value is -3.09. The number of ether oxygens (including phenoxy) is 2. The number of pyridine rings is 1. The van der Waals surface area contributed by atoms with Gasteiger partial charge in [-0.25, -0.2) is 0 Å². The van der Waals surface area contributed by atoms with E-state index in [0.29, 0.717) is 23.9 Å². The van der Waals surface area contributed by atoms with Crippen LogP contribution in [0.15, 0.2) is 72.9 Å². The van der Waals surface area contributed by atoms with Gasteiger partial charge in [-0.05, 0) is 67.9 Å². The molecular formula is C27H30ClN3O3. The molecule has 1 aromatic heterocycles. The number of methoxy groups -OCH3 is 1. The first kappa shape index (κ1) is 24.0. The highest BCUT2D eigenvalue weighted by molar-refractivity contribution is 6.32. The van der Waals surface area contributed by atoms with E-state index in [4.69, 9.17) is 21.1 Å². The molecule has 1 unspecified atom stereocenters. The molecule has 3 aromatic rings. The monoisotopic (exact) mass is 479 g/mol. The molecule has 1 N–H and O–H groups in total. The van der Waals surface area contributed by atoms with Gasteiger partial charge in [-0.1, -0.05) is 41.9 Å². The summed E-state index contributed by atoms with van der Waals surface area (Å²) in [5.74, 6) is 1.41. The predicted molar refractivity (Wildman–Crippen MR) is 133 cm³/mol. The molecule has 1 aliphatic heterocycles. The van der Waals surface area contributed by atoms with Crippen molar-refractivity contribution in [2.75, 3.05) is 33.4 Å². The first-order chi connectivity index (χ1) is 16.7. The van der Waals surface area contributed by atoms with Crippen LogP contribution in [0.4, 0.5) is 0 Å². The Kier molecular flexibility index (Phi) is 8.39. The quantitative estimate of drug-likeness (QED) is 0.480. The fourth-order valence-electron chi connectivity index (χ4n) is 4.35. The SMILES string of the molecule is COc1cccc(C(c2ccccn2)N(CCOc2ccccc2Cl)C(=O)C2CCNCC2)c1. The first-order valence-electron chi connectivity index (χ1n) is 11.6. The van der Waals surface area contributed by atoms with Crippen molar-refractivity contribution in [3.8, 4) is 11.5 Å². The molecule has 0 aliphatic carbocycles. The highest BCUT2D eigenvalue weighted by atomic mass is 35.5. The van der Waals surface area contributed by atoms with Gasteiger partial charge in [0, 0.05) is 12.1 Å². The minimum Gasteiger partial charge on any atom is -0.497 e. The number of amides is 1. The van der Waals surface area contributed by atoms with Crippen LogP contribution in [0.3, 0.4) is 0 Å². The Morgan fingerprint density at radius 3 is 2.65 bits per heavy atom. The lowest BCUT2D eigenvalue weighted by atomic mass is 9.93.